The van der Waals surface area contributed by atoms with Crippen molar-refractivity contribution in [3.05, 3.63) is 149 Å². The van der Waals surface area contributed by atoms with Crippen molar-refractivity contribution in [3.63, 3.8) is 0 Å². The van der Waals surface area contributed by atoms with E-state index in [0.29, 0.717) is 16.1 Å². The Bertz CT molecular complexity index is 1540. The summed E-state index contributed by atoms with van der Waals surface area (Å²) in [6, 6.07) is 35.4. The molecule has 0 atom stereocenters. The van der Waals surface area contributed by atoms with Crippen LogP contribution in [0.5, 0.6) is 0 Å². The molecule has 5 aromatic carbocycles. The third kappa shape index (κ3) is 8.64. The number of hydrogen-bond donors (Lipinski definition) is 0. The molecule has 0 spiro atoms. The second-order valence-electron chi connectivity index (χ2n) is 8.32. The summed E-state index contributed by atoms with van der Waals surface area (Å²) in [5.74, 6) is -0.671. The maximum atomic E-state index is 13.6. The Morgan fingerprint density at radius 1 is 0.659 bits per heavy atom. The minimum atomic E-state index is -2.85. The lowest BCUT2D eigenvalue weighted by Gasteiger charge is -2.10. The van der Waals surface area contributed by atoms with Crippen LogP contribution in [0.1, 0.15) is 15.9 Å². The molecule has 0 fully saturated rings. The fourth-order valence-electron chi connectivity index (χ4n) is 3.80. The molecule has 0 bridgehead atoms. The Balaban J connectivity index is 0.000000909. The van der Waals surface area contributed by atoms with Gasteiger partial charge >= 0.3 is 0 Å². The zero-order valence-corrected chi connectivity index (χ0v) is 24.2. The van der Waals surface area contributed by atoms with Gasteiger partial charge in [-0.3, -0.25) is 4.79 Å². The van der Waals surface area contributed by atoms with Gasteiger partial charge in [0, 0.05) is 20.9 Å². The average molecular weight is 630 g/mol. The van der Waals surface area contributed by atoms with Gasteiger partial charge in [0.05, 0.1) is 26.7 Å². The SMILES string of the molecule is O=C(c1ccccc1)c1ccc(Sc2ccc([S+](c3ccc(F)cc3)c3ccc(F)cc3)cc2)c(Cl)c1.[O-][Cl+2]([O-])[O-]. The van der Waals surface area contributed by atoms with E-state index in [1.54, 1.807) is 48.5 Å². The lowest BCUT2D eigenvalue weighted by Crippen LogP contribution is -2.42. The molecule has 0 aliphatic carbocycles. The summed E-state index contributed by atoms with van der Waals surface area (Å²) in [6.45, 7) is 0. The molecular formula is C31H20Cl2F2O4S2. The minimum Gasteiger partial charge on any atom is -0.357 e. The summed E-state index contributed by atoms with van der Waals surface area (Å²) in [7, 11) is -3.37. The van der Waals surface area contributed by atoms with Crippen LogP contribution in [-0.4, -0.2) is 5.78 Å². The van der Waals surface area contributed by atoms with Gasteiger partial charge in [0.1, 0.15) is 11.6 Å². The zero-order valence-electron chi connectivity index (χ0n) is 21.0. The van der Waals surface area contributed by atoms with Crippen molar-refractivity contribution >= 4 is 40.0 Å². The fourth-order valence-corrected chi connectivity index (χ4v) is 6.96. The van der Waals surface area contributed by atoms with Crippen molar-refractivity contribution in [1.82, 2.24) is 0 Å². The summed E-state index contributed by atoms with van der Waals surface area (Å²) in [6.07, 6.45) is 0. The van der Waals surface area contributed by atoms with Crippen LogP contribution in [0.4, 0.5) is 8.78 Å². The first kappa shape index (κ1) is 30.7. The first-order valence-corrected chi connectivity index (χ1v) is 15.2. The van der Waals surface area contributed by atoms with Crippen molar-refractivity contribution in [2.75, 3.05) is 0 Å². The molecule has 0 saturated carbocycles. The normalized spacial score (nSPS) is 10.8. The van der Waals surface area contributed by atoms with Gasteiger partial charge < -0.3 is 14.0 Å². The van der Waals surface area contributed by atoms with Crippen LogP contribution in [0, 0.1) is 22.4 Å². The Kier molecular flexibility index (Phi) is 11.0. The number of halogens is 4. The van der Waals surface area contributed by atoms with Crippen molar-refractivity contribution in [3.8, 4) is 0 Å². The van der Waals surface area contributed by atoms with Crippen molar-refractivity contribution in [1.29, 1.82) is 0 Å². The highest BCUT2D eigenvalue weighted by atomic mass is 35.6. The highest BCUT2D eigenvalue weighted by molar-refractivity contribution is 7.99. The summed E-state index contributed by atoms with van der Waals surface area (Å²) in [5.41, 5.74) is 1.16. The maximum absolute atomic E-state index is 13.6. The molecule has 0 heterocycles. The van der Waals surface area contributed by atoms with Gasteiger partial charge in [-0.25, -0.2) is 8.78 Å². The van der Waals surface area contributed by atoms with E-state index in [9.17, 15) is 13.6 Å². The lowest BCUT2D eigenvalue weighted by molar-refractivity contribution is -1.73. The molecule has 0 saturated heterocycles. The third-order valence-electron chi connectivity index (χ3n) is 5.62. The maximum Gasteiger partial charge on any atom is 0.193 e. The number of ketones is 1. The summed E-state index contributed by atoms with van der Waals surface area (Å²) in [5, 5.41) is 0.508. The van der Waals surface area contributed by atoms with E-state index < -0.39 is 21.7 Å². The summed E-state index contributed by atoms with van der Waals surface area (Å²) < 4.78 is 52.4. The van der Waals surface area contributed by atoms with Gasteiger partial charge in [-0.1, -0.05) is 53.7 Å². The average Bonchev–Trinajstić information content (AvgIpc) is 2.97. The molecule has 0 unspecified atom stereocenters. The number of benzene rings is 5. The minimum absolute atomic E-state index is 0.0722. The van der Waals surface area contributed by atoms with Crippen LogP contribution in [0.2, 0.25) is 5.02 Å². The number of rotatable bonds is 7. The van der Waals surface area contributed by atoms with Gasteiger partial charge in [0.25, 0.3) is 0 Å². The standard InChI is InChI=1S/C31H20ClF2OS2.ClO3/c32-29-20-22(31(35)21-4-2-1-3-5-21)6-19-30(29)36-25-11-17-28(18-12-25)37(26-13-7-23(33)8-14-26)27-15-9-24(34)10-16-27;2-1(3)4/h1-20H;/q+1;-1. The fraction of sp³-hybridized carbons (Fsp3) is 0. The molecule has 4 nitrogen and oxygen atoms in total. The van der Waals surface area contributed by atoms with Gasteiger partial charge in [-0.2, -0.15) is 0 Å². The van der Waals surface area contributed by atoms with E-state index in [1.807, 2.05) is 48.5 Å². The molecule has 0 N–H and O–H groups in total. The first-order valence-electron chi connectivity index (χ1n) is 11.9. The van der Waals surface area contributed by atoms with E-state index in [2.05, 4.69) is 0 Å². The van der Waals surface area contributed by atoms with Crippen molar-refractivity contribution in [2.45, 2.75) is 24.5 Å². The molecule has 10 heteroatoms. The second-order valence-corrected chi connectivity index (χ2v) is 12.2. The van der Waals surface area contributed by atoms with E-state index in [0.717, 1.165) is 24.5 Å². The Labute approximate surface area is 251 Å². The third-order valence-corrected chi connectivity index (χ3v) is 9.36. The van der Waals surface area contributed by atoms with Crippen LogP contribution < -0.4 is 14.0 Å². The summed E-state index contributed by atoms with van der Waals surface area (Å²) in [4.78, 5) is 17.5. The van der Waals surface area contributed by atoms with Crippen molar-refractivity contribution in [2.24, 2.45) is 0 Å². The number of carbonyl (C=O) groups excluding carboxylic acids is 1. The topological polar surface area (TPSA) is 86.2 Å². The highest BCUT2D eigenvalue weighted by Crippen LogP contribution is 2.37. The first-order chi connectivity index (χ1) is 19.7. The van der Waals surface area contributed by atoms with Gasteiger partial charge in [0.15, 0.2) is 20.5 Å². The smallest absolute Gasteiger partial charge is 0.193 e. The zero-order chi connectivity index (χ0) is 29.4. The lowest BCUT2D eigenvalue weighted by atomic mass is 10.0. The molecule has 5 aromatic rings. The number of hydrogen-bond acceptors (Lipinski definition) is 5. The highest BCUT2D eigenvalue weighted by Gasteiger charge is 2.28. The monoisotopic (exact) mass is 628 g/mol. The van der Waals surface area contributed by atoms with Gasteiger partial charge in [-0.15, -0.1) is 0 Å². The molecule has 41 heavy (non-hydrogen) atoms. The molecule has 208 valence electrons. The van der Waals surface area contributed by atoms with E-state index in [-0.39, 0.29) is 17.4 Å². The summed E-state index contributed by atoms with van der Waals surface area (Å²) >= 11 is 8.05. The predicted octanol–water partition coefficient (Wildman–Crippen LogP) is 5.53. The molecule has 0 aliphatic rings. The molecular weight excluding hydrogens is 609 g/mol. The quantitative estimate of drug-likeness (QED) is 0.175. The van der Waals surface area contributed by atoms with Crippen LogP contribution in [0.15, 0.2) is 146 Å². The van der Waals surface area contributed by atoms with Gasteiger partial charge in [0.2, 0.25) is 0 Å². The Morgan fingerprint density at radius 3 is 1.59 bits per heavy atom. The van der Waals surface area contributed by atoms with Gasteiger partial charge in [-0.05, 0) is 91.0 Å². The predicted molar refractivity (Wildman–Crippen MR) is 147 cm³/mol. The van der Waals surface area contributed by atoms with E-state index >= 15 is 0 Å². The Morgan fingerprint density at radius 2 is 1.12 bits per heavy atom. The second kappa shape index (κ2) is 14.6. The van der Waals surface area contributed by atoms with E-state index in [4.69, 9.17) is 25.6 Å². The van der Waals surface area contributed by atoms with E-state index in [1.165, 1.54) is 36.0 Å². The van der Waals surface area contributed by atoms with Crippen LogP contribution >= 0.6 is 23.4 Å². The number of carbonyl (C=O) groups is 1. The largest absolute Gasteiger partial charge is 0.357 e. The Hall–Kier alpha value is -3.21. The van der Waals surface area contributed by atoms with Crippen LogP contribution in [0.3, 0.4) is 0 Å². The van der Waals surface area contributed by atoms with Crippen LogP contribution in [-0.2, 0) is 10.9 Å². The molecule has 0 aliphatic heterocycles. The molecule has 5 rings (SSSR count). The van der Waals surface area contributed by atoms with Crippen molar-refractivity contribution < 1.29 is 38.3 Å². The molecule has 0 amide bonds. The molecule has 0 radical (unpaired) electrons. The molecule has 0 aromatic heterocycles. The van der Waals surface area contributed by atoms with Crippen LogP contribution in [0.25, 0.3) is 0 Å².